The normalized spacial score (nSPS) is 13.9. The van der Waals surface area contributed by atoms with Crippen LogP contribution in [0.5, 0.6) is 5.75 Å². The van der Waals surface area contributed by atoms with E-state index in [1.165, 1.54) is 11.1 Å². The third kappa shape index (κ3) is 4.10. The van der Waals surface area contributed by atoms with Gasteiger partial charge in [-0.15, -0.1) is 0 Å². The van der Waals surface area contributed by atoms with Crippen LogP contribution in [0.1, 0.15) is 35.6 Å². The van der Waals surface area contributed by atoms with Crippen molar-refractivity contribution in [2.45, 2.75) is 32.6 Å². The molecule has 1 heterocycles. The van der Waals surface area contributed by atoms with Crippen molar-refractivity contribution >= 4 is 11.9 Å². The van der Waals surface area contributed by atoms with Crippen molar-refractivity contribution in [2.24, 2.45) is 0 Å². The van der Waals surface area contributed by atoms with Gasteiger partial charge in [0.05, 0.1) is 0 Å². The summed E-state index contributed by atoms with van der Waals surface area (Å²) in [5.41, 5.74) is 4.88. The van der Waals surface area contributed by atoms with E-state index in [-0.39, 0.29) is 12.4 Å². The van der Waals surface area contributed by atoms with Gasteiger partial charge >= 0.3 is 0 Å². The zero-order valence-corrected chi connectivity index (χ0v) is 13.5. The van der Waals surface area contributed by atoms with Gasteiger partial charge in [-0.2, -0.15) is 0 Å². The first kappa shape index (κ1) is 15.5. The van der Waals surface area contributed by atoms with Crippen LogP contribution >= 0.6 is 0 Å². The van der Waals surface area contributed by atoms with Crippen LogP contribution in [-0.2, 0) is 24.1 Å². The summed E-state index contributed by atoms with van der Waals surface area (Å²) in [5.74, 6) is 0.993. The molecule has 0 saturated heterocycles. The number of aryl methyl sites for hydroxylation is 2. The number of fused-ring (bicyclic) bond motifs is 1. The Morgan fingerprint density at radius 3 is 2.65 bits per heavy atom. The first-order valence-corrected chi connectivity index (χ1v) is 8.26. The third-order valence-corrected chi connectivity index (χ3v) is 4.20. The van der Waals surface area contributed by atoms with Crippen molar-refractivity contribution in [1.29, 1.82) is 0 Å². The number of rotatable bonds is 5. The fourth-order valence-corrected chi connectivity index (χ4v) is 2.81. The molecule has 1 aliphatic rings. The fourth-order valence-electron chi connectivity index (χ4n) is 2.81. The summed E-state index contributed by atoms with van der Waals surface area (Å²) in [6, 6.07) is 14.9. The number of ketones is 1. The molecule has 2 aromatic rings. The lowest BCUT2D eigenvalue weighted by Gasteiger charge is -2.16. The molecule has 0 unspecified atom stereocenters. The molecule has 0 amide bonds. The van der Waals surface area contributed by atoms with E-state index < -0.39 is 0 Å². The van der Waals surface area contributed by atoms with E-state index in [1.807, 2.05) is 12.1 Å². The molecular weight excluding hydrogens is 284 g/mol. The second-order valence-corrected chi connectivity index (χ2v) is 5.98. The molecule has 118 valence electrons. The molecule has 0 saturated carbocycles. The Labute approximate surface area is 137 Å². The van der Waals surface area contributed by atoms with Crippen molar-refractivity contribution in [3.8, 4) is 5.75 Å². The Morgan fingerprint density at radius 2 is 1.87 bits per heavy atom. The number of ether oxygens (including phenoxy) is 1. The SMILES string of the molecule is CCc1ccc(CC/C=C/c2ccc3c(c2)CC(=O)CO3)cc1. The highest BCUT2D eigenvalue weighted by Crippen LogP contribution is 2.25. The van der Waals surface area contributed by atoms with E-state index in [9.17, 15) is 4.79 Å². The molecule has 0 radical (unpaired) electrons. The van der Waals surface area contributed by atoms with Crippen molar-refractivity contribution in [1.82, 2.24) is 0 Å². The summed E-state index contributed by atoms with van der Waals surface area (Å²) in [5, 5.41) is 0. The molecule has 0 N–H and O–H groups in total. The first-order chi connectivity index (χ1) is 11.2. The molecule has 0 fully saturated rings. The highest BCUT2D eigenvalue weighted by molar-refractivity contribution is 5.84. The molecule has 0 spiro atoms. The largest absolute Gasteiger partial charge is 0.486 e. The van der Waals surface area contributed by atoms with E-state index in [0.717, 1.165) is 36.1 Å². The van der Waals surface area contributed by atoms with Gasteiger partial charge in [0.25, 0.3) is 0 Å². The molecule has 23 heavy (non-hydrogen) atoms. The van der Waals surface area contributed by atoms with Crippen LogP contribution in [0, 0.1) is 0 Å². The van der Waals surface area contributed by atoms with Crippen LogP contribution < -0.4 is 4.74 Å². The quantitative estimate of drug-likeness (QED) is 0.818. The molecule has 2 aromatic carbocycles. The van der Waals surface area contributed by atoms with Crippen LogP contribution in [0.3, 0.4) is 0 Å². The Morgan fingerprint density at radius 1 is 1.09 bits per heavy atom. The monoisotopic (exact) mass is 306 g/mol. The van der Waals surface area contributed by atoms with E-state index >= 15 is 0 Å². The van der Waals surface area contributed by atoms with Crippen molar-refractivity contribution in [2.75, 3.05) is 6.61 Å². The summed E-state index contributed by atoms with van der Waals surface area (Å²) in [4.78, 5) is 11.5. The van der Waals surface area contributed by atoms with Crippen LogP contribution in [0.25, 0.3) is 6.08 Å². The van der Waals surface area contributed by atoms with E-state index in [4.69, 9.17) is 4.74 Å². The van der Waals surface area contributed by atoms with Crippen LogP contribution in [0.4, 0.5) is 0 Å². The standard InChI is InChI=1S/C21H22O2/c1-2-16-7-9-17(10-8-16)5-3-4-6-18-11-12-21-19(13-18)14-20(22)15-23-21/h4,6-13H,2-3,5,14-15H2,1H3/b6-4+. The van der Waals surface area contributed by atoms with Gasteiger partial charge in [0.15, 0.2) is 5.78 Å². The van der Waals surface area contributed by atoms with Gasteiger partial charge in [-0.1, -0.05) is 49.4 Å². The second kappa shape index (κ2) is 7.28. The number of hydrogen-bond donors (Lipinski definition) is 0. The predicted octanol–water partition coefficient (Wildman–Crippen LogP) is 4.40. The zero-order valence-electron chi connectivity index (χ0n) is 13.5. The molecular formula is C21H22O2. The summed E-state index contributed by atoms with van der Waals surface area (Å²) < 4.78 is 5.42. The predicted molar refractivity (Wildman–Crippen MR) is 93.8 cm³/mol. The van der Waals surface area contributed by atoms with Gasteiger partial charge in [0, 0.05) is 12.0 Å². The summed E-state index contributed by atoms with van der Waals surface area (Å²) in [6.45, 7) is 2.38. The van der Waals surface area contributed by atoms with Gasteiger partial charge in [-0.05, 0) is 48.1 Å². The maximum atomic E-state index is 11.5. The number of hydrogen-bond acceptors (Lipinski definition) is 2. The number of carbonyl (C=O) groups is 1. The van der Waals surface area contributed by atoms with Crippen molar-refractivity contribution in [3.63, 3.8) is 0 Å². The molecule has 2 heteroatoms. The van der Waals surface area contributed by atoms with E-state index in [1.54, 1.807) is 0 Å². The minimum atomic E-state index is 0.147. The zero-order chi connectivity index (χ0) is 16.1. The molecule has 0 aromatic heterocycles. The lowest BCUT2D eigenvalue weighted by Crippen LogP contribution is -2.20. The van der Waals surface area contributed by atoms with E-state index in [2.05, 4.69) is 49.4 Å². The Kier molecular flexibility index (Phi) is 4.92. The van der Waals surface area contributed by atoms with Crippen molar-refractivity contribution < 1.29 is 9.53 Å². The summed E-state index contributed by atoms with van der Waals surface area (Å²) in [7, 11) is 0. The minimum absolute atomic E-state index is 0.147. The Bertz CT molecular complexity index is 711. The summed E-state index contributed by atoms with van der Waals surface area (Å²) in [6.07, 6.45) is 7.96. The molecule has 0 bridgehead atoms. The average Bonchev–Trinajstić information content (AvgIpc) is 2.59. The number of benzene rings is 2. The highest BCUT2D eigenvalue weighted by atomic mass is 16.5. The Hall–Kier alpha value is -2.35. The minimum Gasteiger partial charge on any atom is -0.486 e. The molecule has 1 aliphatic heterocycles. The fraction of sp³-hybridized carbons (Fsp3) is 0.286. The first-order valence-electron chi connectivity index (χ1n) is 8.26. The number of carbonyl (C=O) groups excluding carboxylic acids is 1. The smallest absolute Gasteiger partial charge is 0.174 e. The van der Waals surface area contributed by atoms with Crippen LogP contribution in [0.2, 0.25) is 0 Å². The lowest BCUT2D eigenvalue weighted by molar-refractivity contribution is -0.121. The van der Waals surface area contributed by atoms with Gasteiger partial charge in [-0.3, -0.25) is 4.79 Å². The molecule has 2 nitrogen and oxygen atoms in total. The average molecular weight is 306 g/mol. The molecule has 3 rings (SSSR count). The maximum Gasteiger partial charge on any atom is 0.174 e. The highest BCUT2D eigenvalue weighted by Gasteiger charge is 2.16. The Balaban J connectivity index is 1.57. The van der Waals surface area contributed by atoms with Gasteiger partial charge in [0.2, 0.25) is 0 Å². The van der Waals surface area contributed by atoms with Gasteiger partial charge in [-0.25, -0.2) is 0 Å². The topological polar surface area (TPSA) is 26.3 Å². The molecule has 0 aliphatic carbocycles. The number of allylic oxidation sites excluding steroid dienone is 1. The van der Waals surface area contributed by atoms with Gasteiger partial charge in [0.1, 0.15) is 12.4 Å². The van der Waals surface area contributed by atoms with Crippen LogP contribution in [-0.4, -0.2) is 12.4 Å². The lowest BCUT2D eigenvalue weighted by atomic mass is 10.0. The molecule has 0 atom stereocenters. The maximum absolute atomic E-state index is 11.5. The number of Topliss-reactive ketones (excluding diaryl/α,β-unsaturated/α-hetero) is 1. The second-order valence-electron chi connectivity index (χ2n) is 5.98. The van der Waals surface area contributed by atoms with E-state index in [0.29, 0.717) is 6.42 Å². The van der Waals surface area contributed by atoms with Crippen LogP contribution in [0.15, 0.2) is 48.5 Å². The van der Waals surface area contributed by atoms with Crippen molar-refractivity contribution in [3.05, 3.63) is 70.8 Å². The third-order valence-electron chi connectivity index (χ3n) is 4.20. The summed E-state index contributed by atoms with van der Waals surface area (Å²) >= 11 is 0. The van der Waals surface area contributed by atoms with Gasteiger partial charge < -0.3 is 4.74 Å².